The van der Waals surface area contributed by atoms with Crippen LogP contribution in [0.25, 0.3) is 0 Å². The summed E-state index contributed by atoms with van der Waals surface area (Å²) in [7, 11) is 0. The molecular weight excluding hydrogens is 305 g/mol. The van der Waals surface area contributed by atoms with Gasteiger partial charge in [0.05, 0.1) is 0 Å². The molecule has 0 aliphatic rings. The molecule has 3 heteroatoms. The van der Waals surface area contributed by atoms with Crippen molar-refractivity contribution in [3.8, 4) is 0 Å². The zero-order chi connectivity index (χ0) is 14.4. The van der Waals surface area contributed by atoms with Gasteiger partial charge in [-0.1, -0.05) is 49.7 Å². The van der Waals surface area contributed by atoms with Gasteiger partial charge in [-0.2, -0.15) is 0 Å². The minimum atomic E-state index is -0.108. The summed E-state index contributed by atoms with van der Waals surface area (Å²) in [5, 5.41) is 3.47. The molecule has 0 aliphatic heterocycles. The number of nitrogens with one attached hydrogen (secondary N) is 1. The third-order valence-electron chi connectivity index (χ3n) is 3.55. The molecule has 2 atom stereocenters. The Bertz CT molecular complexity index is 392. The Hall–Kier alpha value is -0.410. The molecule has 0 saturated heterocycles. The highest BCUT2D eigenvalue weighted by molar-refractivity contribution is 9.10. The quantitative estimate of drug-likeness (QED) is 0.767. The van der Waals surface area contributed by atoms with E-state index in [-0.39, 0.29) is 5.82 Å². The lowest BCUT2D eigenvalue weighted by Crippen LogP contribution is -2.29. The van der Waals surface area contributed by atoms with Crippen molar-refractivity contribution in [3.05, 3.63) is 34.1 Å². The lowest BCUT2D eigenvalue weighted by Gasteiger charge is -2.21. The van der Waals surface area contributed by atoms with Crippen LogP contribution in [0, 0.1) is 23.6 Å². The summed E-state index contributed by atoms with van der Waals surface area (Å²) in [6, 6.07) is 5.33. The molecule has 1 aromatic carbocycles. The summed E-state index contributed by atoms with van der Waals surface area (Å²) in [6.07, 6.45) is 0.795. The van der Waals surface area contributed by atoms with Gasteiger partial charge in [-0.3, -0.25) is 0 Å². The van der Waals surface area contributed by atoms with Crippen LogP contribution in [-0.2, 0) is 6.42 Å². The second kappa shape index (κ2) is 8.01. The molecule has 0 spiro atoms. The number of halogens is 2. The molecule has 0 aromatic heterocycles. The first-order valence-corrected chi connectivity index (χ1v) is 7.84. The van der Waals surface area contributed by atoms with Crippen LogP contribution in [-0.4, -0.2) is 13.1 Å². The summed E-state index contributed by atoms with van der Waals surface area (Å²) < 4.78 is 14.6. The zero-order valence-corrected chi connectivity index (χ0v) is 13.9. The van der Waals surface area contributed by atoms with E-state index in [1.54, 1.807) is 6.07 Å². The van der Waals surface area contributed by atoms with Gasteiger partial charge in [0.15, 0.2) is 0 Å². The Morgan fingerprint density at radius 2 is 1.79 bits per heavy atom. The molecule has 19 heavy (non-hydrogen) atoms. The molecule has 0 fully saturated rings. The van der Waals surface area contributed by atoms with Crippen molar-refractivity contribution < 1.29 is 4.39 Å². The number of rotatable bonds is 7. The lowest BCUT2D eigenvalue weighted by atomic mass is 9.89. The standard InChI is InChI=1S/C16H25BrFN/c1-11(2)9-19-10-13(4)12(3)7-14-5-6-15(17)8-16(14)18/h5-6,8,11-13,19H,7,9-10H2,1-4H3. The van der Waals surface area contributed by atoms with Crippen LogP contribution in [0.4, 0.5) is 4.39 Å². The van der Waals surface area contributed by atoms with Gasteiger partial charge in [-0.15, -0.1) is 0 Å². The van der Waals surface area contributed by atoms with Gasteiger partial charge in [-0.05, 0) is 55.0 Å². The molecule has 1 N–H and O–H groups in total. The summed E-state index contributed by atoms with van der Waals surface area (Å²) in [4.78, 5) is 0. The van der Waals surface area contributed by atoms with E-state index in [4.69, 9.17) is 0 Å². The Morgan fingerprint density at radius 1 is 1.11 bits per heavy atom. The zero-order valence-electron chi connectivity index (χ0n) is 12.3. The first kappa shape index (κ1) is 16.6. The molecular formula is C16H25BrFN. The van der Waals surface area contributed by atoms with Crippen molar-refractivity contribution in [2.75, 3.05) is 13.1 Å². The predicted molar refractivity (Wildman–Crippen MR) is 83.8 cm³/mol. The maximum absolute atomic E-state index is 13.8. The Morgan fingerprint density at radius 3 is 2.37 bits per heavy atom. The van der Waals surface area contributed by atoms with Crippen LogP contribution in [0.15, 0.2) is 22.7 Å². The summed E-state index contributed by atoms with van der Waals surface area (Å²) in [6.45, 7) is 10.9. The van der Waals surface area contributed by atoms with E-state index in [0.717, 1.165) is 29.5 Å². The SMILES string of the molecule is CC(C)CNCC(C)C(C)Cc1ccc(Br)cc1F. The fourth-order valence-corrected chi connectivity index (χ4v) is 2.37. The number of hydrogen-bond acceptors (Lipinski definition) is 1. The van der Waals surface area contributed by atoms with E-state index in [9.17, 15) is 4.39 Å². The molecule has 0 bridgehead atoms. The third kappa shape index (κ3) is 6.05. The fraction of sp³-hybridized carbons (Fsp3) is 0.625. The van der Waals surface area contributed by atoms with Gasteiger partial charge in [0.1, 0.15) is 5.82 Å². The molecule has 0 radical (unpaired) electrons. The topological polar surface area (TPSA) is 12.0 Å². The Labute approximate surface area is 125 Å². The monoisotopic (exact) mass is 329 g/mol. The van der Waals surface area contributed by atoms with Gasteiger partial charge in [0.25, 0.3) is 0 Å². The van der Waals surface area contributed by atoms with Crippen molar-refractivity contribution in [1.82, 2.24) is 5.32 Å². The van der Waals surface area contributed by atoms with Crippen molar-refractivity contribution in [1.29, 1.82) is 0 Å². The van der Waals surface area contributed by atoms with Gasteiger partial charge < -0.3 is 5.32 Å². The van der Waals surface area contributed by atoms with Crippen LogP contribution >= 0.6 is 15.9 Å². The summed E-state index contributed by atoms with van der Waals surface area (Å²) in [5.41, 5.74) is 0.811. The van der Waals surface area contributed by atoms with Gasteiger partial charge >= 0.3 is 0 Å². The fourth-order valence-electron chi connectivity index (χ4n) is 2.04. The average Bonchev–Trinajstić information content (AvgIpc) is 2.32. The van der Waals surface area contributed by atoms with E-state index in [1.165, 1.54) is 0 Å². The van der Waals surface area contributed by atoms with Crippen LogP contribution in [0.2, 0.25) is 0 Å². The van der Waals surface area contributed by atoms with Crippen LogP contribution in [0.3, 0.4) is 0 Å². The van der Waals surface area contributed by atoms with Crippen molar-refractivity contribution in [2.24, 2.45) is 17.8 Å². The van der Waals surface area contributed by atoms with Crippen molar-refractivity contribution in [3.63, 3.8) is 0 Å². The minimum Gasteiger partial charge on any atom is -0.316 e. The highest BCUT2D eigenvalue weighted by Crippen LogP contribution is 2.21. The molecule has 0 amide bonds. The van der Waals surface area contributed by atoms with E-state index in [0.29, 0.717) is 17.8 Å². The normalized spacial score (nSPS) is 14.7. The summed E-state index contributed by atoms with van der Waals surface area (Å²) >= 11 is 3.29. The smallest absolute Gasteiger partial charge is 0.127 e. The van der Waals surface area contributed by atoms with E-state index >= 15 is 0 Å². The number of hydrogen-bond donors (Lipinski definition) is 1. The van der Waals surface area contributed by atoms with E-state index in [1.807, 2.05) is 12.1 Å². The van der Waals surface area contributed by atoms with Crippen LogP contribution < -0.4 is 5.32 Å². The van der Waals surface area contributed by atoms with E-state index in [2.05, 4.69) is 48.9 Å². The maximum atomic E-state index is 13.8. The molecule has 1 aromatic rings. The largest absolute Gasteiger partial charge is 0.316 e. The molecule has 1 rings (SSSR count). The highest BCUT2D eigenvalue weighted by atomic mass is 79.9. The molecule has 0 saturated carbocycles. The Balaban J connectivity index is 2.47. The average molecular weight is 330 g/mol. The molecule has 0 heterocycles. The van der Waals surface area contributed by atoms with Crippen LogP contribution in [0.5, 0.6) is 0 Å². The van der Waals surface area contributed by atoms with Crippen molar-refractivity contribution in [2.45, 2.75) is 34.1 Å². The second-order valence-corrected chi connectivity index (χ2v) is 6.86. The number of benzene rings is 1. The van der Waals surface area contributed by atoms with Crippen molar-refractivity contribution >= 4 is 15.9 Å². The summed E-state index contributed by atoms with van der Waals surface area (Å²) in [5.74, 6) is 1.58. The minimum absolute atomic E-state index is 0.108. The molecule has 2 unspecified atom stereocenters. The highest BCUT2D eigenvalue weighted by Gasteiger charge is 2.15. The first-order chi connectivity index (χ1) is 8.90. The Kier molecular flexibility index (Phi) is 7.01. The lowest BCUT2D eigenvalue weighted by molar-refractivity contribution is 0.354. The van der Waals surface area contributed by atoms with Gasteiger partial charge in [0.2, 0.25) is 0 Å². The molecule has 108 valence electrons. The predicted octanol–water partition coefficient (Wildman–Crippen LogP) is 4.65. The van der Waals surface area contributed by atoms with Gasteiger partial charge in [-0.25, -0.2) is 4.39 Å². The third-order valence-corrected chi connectivity index (χ3v) is 4.04. The molecule has 1 nitrogen and oxygen atoms in total. The maximum Gasteiger partial charge on any atom is 0.127 e. The van der Waals surface area contributed by atoms with E-state index < -0.39 is 0 Å². The van der Waals surface area contributed by atoms with Gasteiger partial charge in [0, 0.05) is 4.47 Å². The molecule has 0 aliphatic carbocycles. The first-order valence-electron chi connectivity index (χ1n) is 7.04. The van der Waals surface area contributed by atoms with Crippen LogP contribution in [0.1, 0.15) is 33.3 Å². The second-order valence-electron chi connectivity index (χ2n) is 5.95.